The zero-order valence-electron chi connectivity index (χ0n) is 69.7. The number of phosphoric acid groups is 2. The molecule has 19 heteroatoms. The molecule has 5 atom stereocenters. The average molecular weight is 1550 g/mol. The Labute approximate surface area is 651 Å². The second-order valence-electron chi connectivity index (χ2n) is 32.2. The van der Waals surface area contributed by atoms with Crippen molar-refractivity contribution < 1.29 is 80.2 Å². The summed E-state index contributed by atoms with van der Waals surface area (Å²) in [6.45, 7) is 9.62. The summed E-state index contributed by atoms with van der Waals surface area (Å²) in [5, 5.41) is 10.7. The second kappa shape index (κ2) is 78.3. The zero-order valence-corrected chi connectivity index (χ0v) is 71.5. The third kappa shape index (κ3) is 80.1. The van der Waals surface area contributed by atoms with E-state index < -0.39 is 97.5 Å². The number of carbonyl (C=O) groups is 4. The Kier molecular flexibility index (Phi) is 76.9. The number of esters is 4. The van der Waals surface area contributed by atoms with E-state index in [9.17, 15) is 43.2 Å². The van der Waals surface area contributed by atoms with Gasteiger partial charge in [0.1, 0.15) is 19.3 Å². The van der Waals surface area contributed by atoms with Gasteiger partial charge in [0.05, 0.1) is 26.4 Å². The van der Waals surface area contributed by atoms with Crippen LogP contribution in [0.1, 0.15) is 465 Å². The van der Waals surface area contributed by atoms with Crippen molar-refractivity contribution in [3.63, 3.8) is 0 Å². The molecule has 0 aliphatic rings. The molecule has 0 aliphatic heterocycles. The van der Waals surface area contributed by atoms with Gasteiger partial charge in [-0.1, -0.05) is 414 Å². The maximum atomic E-state index is 13.2. The van der Waals surface area contributed by atoms with E-state index in [-0.39, 0.29) is 25.7 Å². The minimum atomic E-state index is -4.97. The van der Waals surface area contributed by atoms with Crippen LogP contribution >= 0.6 is 15.6 Å². The number of carbonyl (C=O) groups excluding carboxylic acids is 4. The highest BCUT2D eigenvalue weighted by atomic mass is 31.2. The van der Waals surface area contributed by atoms with Crippen LogP contribution in [0.5, 0.6) is 0 Å². The molecule has 0 aromatic rings. The van der Waals surface area contributed by atoms with Crippen molar-refractivity contribution in [3.8, 4) is 0 Å². The van der Waals surface area contributed by atoms with Crippen molar-refractivity contribution in [2.45, 2.75) is 484 Å². The predicted octanol–water partition coefficient (Wildman–Crippen LogP) is 26.6. The molecule has 630 valence electrons. The molecule has 0 bridgehead atoms. The van der Waals surface area contributed by atoms with Crippen molar-refractivity contribution in [1.82, 2.24) is 0 Å². The highest BCUT2D eigenvalue weighted by Gasteiger charge is 2.30. The molecule has 0 saturated heterocycles. The Morgan fingerprint density at radius 3 is 0.642 bits per heavy atom. The van der Waals surface area contributed by atoms with Gasteiger partial charge in [0.2, 0.25) is 0 Å². The van der Waals surface area contributed by atoms with Crippen LogP contribution in [-0.4, -0.2) is 96.7 Å². The molecule has 0 saturated carbocycles. The maximum absolute atomic E-state index is 13.2. The molecule has 2 unspecified atom stereocenters. The van der Waals surface area contributed by atoms with Crippen LogP contribution < -0.4 is 0 Å². The number of hydrogen-bond acceptors (Lipinski definition) is 15. The van der Waals surface area contributed by atoms with Crippen LogP contribution in [0, 0.1) is 11.8 Å². The number of aliphatic hydroxyl groups is 1. The number of unbranched alkanes of at least 4 members (excludes halogenated alkanes) is 56. The number of aliphatic hydroxyl groups excluding tert-OH is 1. The molecule has 0 aromatic heterocycles. The lowest BCUT2D eigenvalue weighted by atomic mass is 10.0. The molecule has 0 spiro atoms. The summed E-state index contributed by atoms with van der Waals surface area (Å²) in [6.07, 6.45) is 71.1. The molecule has 106 heavy (non-hydrogen) atoms. The first-order valence-electron chi connectivity index (χ1n) is 45.0. The van der Waals surface area contributed by atoms with Crippen molar-refractivity contribution in [2.75, 3.05) is 39.6 Å². The lowest BCUT2D eigenvalue weighted by Gasteiger charge is -2.21. The van der Waals surface area contributed by atoms with Gasteiger partial charge in [0.15, 0.2) is 12.2 Å². The van der Waals surface area contributed by atoms with Gasteiger partial charge >= 0.3 is 39.5 Å². The topological polar surface area (TPSA) is 237 Å². The lowest BCUT2D eigenvalue weighted by Crippen LogP contribution is -2.30. The van der Waals surface area contributed by atoms with Gasteiger partial charge in [-0.05, 0) is 37.5 Å². The lowest BCUT2D eigenvalue weighted by molar-refractivity contribution is -0.161. The predicted molar refractivity (Wildman–Crippen MR) is 437 cm³/mol. The molecule has 3 N–H and O–H groups in total. The molecule has 0 amide bonds. The van der Waals surface area contributed by atoms with E-state index in [2.05, 4.69) is 41.5 Å². The number of hydrogen-bond donors (Lipinski definition) is 3. The molecule has 0 heterocycles. The Morgan fingerprint density at radius 1 is 0.255 bits per heavy atom. The largest absolute Gasteiger partial charge is 0.472 e. The summed E-state index contributed by atoms with van der Waals surface area (Å²) >= 11 is 0. The van der Waals surface area contributed by atoms with Crippen molar-refractivity contribution >= 4 is 39.5 Å². The van der Waals surface area contributed by atoms with Crippen LogP contribution in [0.3, 0.4) is 0 Å². The fourth-order valence-corrected chi connectivity index (χ4v) is 15.2. The summed E-state index contributed by atoms with van der Waals surface area (Å²) < 4.78 is 68.9. The molecule has 0 fully saturated rings. The average Bonchev–Trinajstić information content (AvgIpc) is 0.896. The van der Waals surface area contributed by atoms with Gasteiger partial charge in [0.25, 0.3) is 0 Å². The van der Waals surface area contributed by atoms with E-state index >= 15 is 0 Å². The molecular weight excluding hydrogens is 1380 g/mol. The van der Waals surface area contributed by atoms with Crippen LogP contribution in [0.25, 0.3) is 0 Å². The van der Waals surface area contributed by atoms with Crippen molar-refractivity contribution in [3.05, 3.63) is 0 Å². The number of rotatable bonds is 86. The Balaban J connectivity index is 5.20. The van der Waals surface area contributed by atoms with E-state index in [0.717, 1.165) is 102 Å². The second-order valence-corrected chi connectivity index (χ2v) is 35.1. The Bertz CT molecular complexity index is 2030. The fraction of sp³-hybridized carbons (Fsp3) is 0.954. The summed E-state index contributed by atoms with van der Waals surface area (Å²) in [5.74, 6) is -0.612. The molecule has 17 nitrogen and oxygen atoms in total. The highest BCUT2D eigenvalue weighted by molar-refractivity contribution is 7.47. The highest BCUT2D eigenvalue weighted by Crippen LogP contribution is 2.45. The van der Waals surface area contributed by atoms with Crippen LogP contribution in [-0.2, 0) is 65.4 Å². The Hall–Kier alpha value is -1.94. The molecule has 0 aliphatic carbocycles. The van der Waals surface area contributed by atoms with Crippen molar-refractivity contribution in [2.24, 2.45) is 11.8 Å². The summed E-state index contributed by atoms with van der Waals surface area (Å²) in [6, 6.07) is 0. The molecule has 0 rings (SSSR count). The molecule has 0 aromatic carbocycles. The van der Waals surface area contributed by atoms with E-state index in [1.807, 2.05) is 0 Å². The van der Waals surface area contributed by atoms with E-state index in [1.54, 1.807) is 0 Å². The van der Waals surface area contributed by atoms with Gasteiger partial charge in [-0.3, -0.25) is 37.3 Å². The monoisotopic (exact) mass is 1550 g/mol. The third-order valence-electron chi connectivity index (χ3n) is 20.5. The van der Waals surface area contributed by atoms with Gasteiger partial charge < -0.3 is 33.8 Å². The normalized spacial score (nSPS) is 13.8. The Morgan fingerprint density at radius 2 is 0.434 bits per heavy atom. The zero-order chi connectivity index (χ0) is 77.8. The standard InChI is InChI=1S/C87H170O17P2/c1-7-9-11-13-15-17-19-21-23-25-26-27-28-29-30-36-40-44-48-52-60-66-71-86(91)103-82(75-97-84(89)69-63-57-50-46-42-38-35-32-31-33-37-41-45-49-55-61-67-79(3)4)77-101-105(93,94)99-73-81(88)74-100-106(95,96)102-78-83(76-98-85(90)70-64-58-54-53-56-62-68-80(5)6)104-87(92)72-65-59-51-47-43-39-34-24-22-20-18-16-14-12-10-8-2/h79-83,88H,7-78H2,1-6H3,(H,93,94)(H,95,96)/t81-,82-,83-/m1/s1. The molecule has 0 radical (unpaired) electrons. The summed E-state index contributed by atoms with van der Waals surface area (Å²) in [7, 11) is -9.93. The fourth-order valence-electron chi connectivity index (χ4n) is 13.6. The first kappa shape index (κ1) is 104. The SMILES string of the molecule is CCCCCCCCCCCCCCCCCCCCCCCCC(=O)O[C@H](COC(=O)CCCCCCCCCCCCCCCCCCC(C)C)COP(=O)(O)OC[C@@H](O)COP(=O)(O)OC[C@@H](COC(=O)CCCCCCCCC(C)C)OC(=O)CCCCCCCCCCCCCCCCCC. The third-order valence-corrected chi connectivity index (χ3v) is 22.4. The summed E-state index contributed by atoms with van der Waals surface area (Å²) in [4.78, 5) is 73.2. The van der Waals surface area contributed by atoms with Gasteiger partial charge in [0, 0.05) is 25.7 Å². The maximum Gasteiger partial charge on any atom is 0.472 e. The first-order valence-corrected chi connectivity index (χ1v) is 48.0. The van der Waals surface area contributed by atoms with E-state index in [0.29, 0.717) is 31.6 Å². The quantitative estimate of drug-likeness (QED) is 0.0222. The first-order chi connectivity index (χ1) is 51.4. The van der Waals surface area contributed by atoms with Crippen LogP contribution in [0.2, 0.25) is 0 Å². The van der Waals surface area contributed by atoms with Gasteiger partial charge in [-0.2, -0.15) is 0 Å². The minimum absolute atomic E-state index is 0.108. The summed E-state index contributed by atoms with van der Waals surface area (Å²) in [5.41, 5.74) is 0. The van der Waals surface area contributed by atoms with Crippen LogP contribution in [0.4, 0.5) is 0 Å². The van der Waals surface area contributed by atoms with E-state index in [1.165, 1.54) is 276 Å². The smallest absolute Gasteiger partial charge is 0.462 e. The number of phosphoric ester groups is 2. The van der Waals surface area contributed by atoms with Crippen LogP contribution in [0.15, 0.2) is 0 Å². The van der Waals surface area contributed by atoms with Gasteiger partial charge in [-0.25, -0.2) is 9.13 Å². The minimum Gasteiger partial charge on any atom is -0.462 e. The number of ether oxygens (including phenoxy) is 4. The molecular formula is C87H170O17P2. The van der Waals surface area contributed by atoms with E-state index in [4.69, 9.17) is 37.0 Å². The van der Waals surface area contributed by atoms with Gasteiger partial charge in [-0.15, -0.1) is 0 Å². The van der Waals surface area contributed by atoms with Crippen molar-refractivity contribution in [1.29, 1.82) is 0 Å².